The molecule has 0 fully saturated rings. The van der Waals surface area contributed by atoms with Gasteiger partial charge >= 0.3 is 0 Å². The molecule has 4 heterocycles. The van der Waals surface area contributed by atoms with Crippen molar-refractivity contribution in [3.8, 4) is 0 Å². The smallest absolute Gasteiger partial charge is 0.261 e. The van der Waals surface area contributed by atoms with Crippen LogP contribution < -0.4 is 10.9 Å². The number of thiophene rings is 1. The lowest BCUT2D eigenvalue weighted by Crippen LogP contribution is -2.16. The molecule has 1 amide bonds. The molecule has 2 N–H and O–H groups in total. The van der Waals surface area contributed by atoms with E-state index in [9.17, 15) is 9.59 Å². The van der Waals surface area contributed by atoms with Crippen LogP contribution in [0.4, 0.5) is 5.69 Å². The molecule has 4 aromatic heterocycles. The van der Waals surface area contributed by atoms with Crippen molar-refractivity contribution in [2.45, 2.75) is 39.5 Å². The number of H-pyrrole nitrogens is 1. The molecule has 8 heteroatoms. The summed E-state index contributed by atoms with van der Waals surface area (Å²) in [4.78, 5) is 42.1. The molecule has 0 saturated carbocycles. The van der Waals surface area contributed by atoms with Crippen LogP contribution >= 0.6 is 11.3 Å². The second-order valence-corrected chi connectivity index (χ2v) is 10.6. The standard InChI is InChI=1S/C28H23N5O2S/c1-14-11-12-16(13-15(14)2)29-27(35)22-23-25(31-19-9-5-4-8-18(19)30-23)33-24(22)32-26(34)21-17-7-3-6-10-20(17)36-28(21)33/h4-5,8-9,11-13H,3,6-7,10H2,1-2H3,(H,29,35)(H,32,34). The molecule has 1 aliphatic carbocycles. The fraction of sp³-hybridized carbons (Fsp3) is 0.214. The molecule has 7 nitrogen and oxygen atoms in total. The van der Waals surface area contributed by atoms with Crippen molar-refractivity contribution in [3.63, 3.8) is 0 Å². The first-order chi connectivity index (χ1) is 17.5. The van der Waals surface area contributed by atoms with Gasteiger partial charge in [0.15, 0.2) is 5.65 Å². The van der Waals surface area contributed by atoms with Gasteiger partial charge in [0.05, 0.1) is 16.4 Å². The Balaban J connectivity index is 1.56. The quantitative estimate of drug-likeness (QED) is 0.324. The molecule has 2 aromatic carbocycles. The largest absolute Gasteiger partial charge is 0.322 e. The summed E-state index contributed by atoms with van der Waals surface area (Å²) in [5.41, 5.74) is 7.16. The maximum Gasteiger partial charge on any atom is 0.261 e. The van der Waals surface area contributed by atoms with E-state index in [1.807, 2.05) is 60.7 Å². The van der Waals surface area contributed by atoms with E-state index in [0.29, 0.717) is 33.6 Å². The van der Waals surface area contributed by atoms with Crippen molar-refractivity contribution in [1.29, 1.82) is 0 Å². The van der Waals surface area contributed by atoms with Gasteiger partial charge < -0.3 is 10.3 Å². The average Bonchev–Trinajstić information content (AvgIpc) is 3.40. The number of hydrogen-bond donors (Lipinski definition) is 2. The summed E-state index contributed by atoms with van der Waals surface area (Å²) in [5, 5.41) is 3.74. The van der Waals surface area contributed by atoms with Crippen LogP contribution in [0.3, 0.4) is 0 Å². The van der Waals surface area contributed by atoms with E-state index in [1.54, 1.807) is 11.3 Å². The van der Waals surface area contributed by atoms with E-state index in [0.717, 1.165) is 58.1 Å². The predicted octanol–water partition coefficient (Wildman–Crippen LogP) is 5.69. The Labute approximate surface area is 209 Å². The molecule has 6 aromatic rings. The van der Waals surface area contributed by atoms with Crippen molar-refractivity contribution < 1.29 is 4.79 Å². The number of rotatable bonds is 2. The van der Waals surface area contributed by atoms with Crippen LogP contribution in [0.25, 0.3) is 38.1 Å². The first-order valence-corrected chi connectivity index (χ1v) is 13.0. The summed E-state index contributed by atoms with van der Waals surface area (Å²) in [6.07, 6.45) is 4.08. The highest BCUT2D eigenvalue weighted by molar-refractivity contribution is 7.19. The lowest BCUT2D eigenvalue weighted by atomic mass is 9.97. The number of aromatic amines is 1. The zero-order valence-electron chi connectivity index (χ0n) is 19.9. The number of aromatic nitrogens is 4. The molecule has 0 radical (unpaired) electrons. The number of nitrogens with zero attached hydrogens (tertiary/aromatic N) is 3. The molecule has 1 aliphatic rings. The number of fused-ring (bicyclic) bond motifs is 8. The monoisotopic (exact) mass is 493 g/mol. The third-order valence-corrected chi connectivity index (χ3v) is 8.54. The van der Waals surface area contributed by atoms with Crippen LogP contribution in [0.2, 0.25) is 0 Å². The van der Waals surface area contributed by atoms with Crippen molar-refractivity contribution in [2.24, 2.45) is 0 Å². The van der Waals surface area contributed by atoms with Crippen molar-refractivity contribution >= 4 is 61.0 Å². The minimum atomic E-state index is -0.327. The van der Waals surface area contributed by atoms with E-state index >= 15 is 0 Å². The Morgan fingerprint density at radius 3 is 2.61 bits per heavy atom. The zero-order valence-corrected chi connectivity index (χ0v) is 20.8. The highest BCUT2D eigenvalue weighted by atomic mass is 32.1. The van der Waals surface area contributed by atoms with Crippen LogP contribution in [0.1, 0.15) is 44.8 Å². The highest BCUT2D eigenvalue weighted by Gasteiger charge is 2.27. The molecular weight excluding hydrogens is 470 g/mol. The third kappa shape index (κ3) is 3.04. The minimum Gasteiger partial charge on any atom is -0.322 e. The van der Waals surface area contributed by atoms with E-state index in [1.165, 1.54) is 4.88 Å². The van der Waals surface area contributed by atoms with Gasteiger partial charge in [-0.25, -0.2) is 9.97 Å². The molecule has 0 atom stereocenters. The van der Waals surface area contributed by atoms with Crippen molar-refractivity contribution in [3.05, 3.63) is 79.9 Å². The minimum absolute atomic E-state index is 0.163. The third-order valence-electron chi connectivity index (χ3n) is 7.27. The maximum atomic E-state index is 13.8. The van der Waals surface area contributed by atoms with Crippen LogP contribution in [0, 0.1) is 13.8 Å². The number of anilines is 1. The molecule has 0 saturated heterocycles. The van der Waals surface area contributed by atoms with Gasteiger partial charge in [0.25, 0.3) is 11.5 Å². The Morgan fingerprint density at radius 1 is 1.03 bits per heavy atom. The number of nitrogens with one attached hydrogen (secondary N) is 2. The lowest BCUT2D eigenvalue weighted by molar-refractivity contribution is 0.102. The van der Waals surface area contributed by atoms with E-state index in [2.05, 4.69) is 10.3 Å². The fourth-order valence-electron chi connectivity index (χ4n) is 5.30. The van der Waals surface area contributed by atoms with Gasteiger partial charge in [-0.1, -0.05) is 18.2 Å². The number of hydrogen-bond acceptors (Lipinski definition) is 5. The summed E-state index contributed by atoms with van der Waals surface area (Å²) in [7, 11) is 0. The first kappa shape index (κ1) is 21.3. The van der Waals surface area contributed by atoms with Crippen LogP contribution in [-0.2, 0) is 12.8 Å². The zero-order chi connectivity index (χ0) is 24.6. The molecule has 0 aliphatic heterocycles. The van der Waals surface area contributed by atoms with Gasteiger partial charge in [-0.2, -0.15) is 0 Å². The summed E-state index contributed by atoms with van der Waals surface area (Å²) >= 11 is 1.64. The van der Waals surface area contributed by atoms with Gasteiger partial charge in [0.2, 0.25) is 0 Å². The Hall–Kier alpha value is -4.04. The number of benzene rings is 2. The average molecular weight is 494 g/mol. The summed E-state index contributed by atoms with van der Waals surface area (Å²) in [6.45, 7) is 4.05. The highest BCUT2D eigenvalue weighted by Crippen LogP contribution is 2.37. The van der Waals surface area contributed by atoms with Gasteiger partial charge in [-0.15, -0.1) is 11.3 Å². The Kier molecular flexibility index (Phi) is 4.56. The molecule has 36 heavy (non-hydrogen) atoms. The Morgan fingerprint density at radius 2 is 1.81 bits per heavy atom. The van der Waals surface area contributed by atoms with Crippen LogP contribution in [0.5, 0.6) is 0 Å². The number of para-hydroxylation sites is 2. The molecule has 0 spiro atoms. The van der Waals surface area contributed by atoms with Gasteiger partial charge in [0.1, 0.15) is 21.6 Å². The van der Waals surface area contributed by atoms with Gasteiger partial charge in [0, 0.05) is 10.6 Å². The second-order valence-electron chi connectivity index (χ2n) is 9.54. The molecule has 0 bridgehead atoms. The number of aryl methyl sites for hydroxylation is 4. The summed E-state index contributed by atoms with van der Waals surface area (Å²) in [5.74, 6) is -0.327. The lowest BCUT2D eigenvalue weighted by Gasteiger charge is -2.09. The fourth-order valence-corrected chi connectivity index (χ4v) is 6.70. The van der Waals surface area contributed by atoms with Gasteiger partial charge in [-0.3, -0.25) is 14.0 Å². The Bertz CT molecular complexity index is 1950. The van der Waals surface area contributed by atoms with E-state index in [4.69, 9.17) is 9.97 Å². The topological polar surface area (TPSA) is 92.2 Å². The molecule has 178 valence electrons. The number of amides is 1. The molecule has 7 rings (SSSR count). The van der Waals surface area contributed by atoms with Gasteiger partial charge in [-0.05, 0) is 80.5 Å². The summed E-state index contributed by atoms with van der Waals surface area (Å²) in [6, 6.07) is 13.4. The first-order valence-electron chi connectivity index (χ1n) is 12.2. The van der Waals surface area contributed by atoms with Crippen LogP contribution in [0.15, 0.2) is 47.3 Å². The summed E-state index contributed by atoms with van der Waals surface area (Å²) < 4.78 is 1.93. The maximum absolute atomic E-state index is 13.8. The van der Waals surface area contributed by atoms with Crippen molar-refractivity contribution in [2.75, 3.05) is 5.32 Å². The SMILES string of the molecule is Cc1ccc(NC(=O)c2c3nc4ccccc4nc3n3c2[nH]c(=O)c2c4c(sc23)CCCC4)cc1C. The van der Waals surface area contributed by atoms with Crippen LogP contribution in [-0.4, -0.2) is 25.3 Å². The van der Waals surface area contributed by atoms with Crippen molar-refractivity contribution in [1.82, 2.24) is 19.4 Å². The molecular formula is C28H23N5O2S. The number of carbonyl (C=O) groups is 1. The normalized spacial score (nSPS) is 13.6. The van der Waals surface area contributed by atoms with E-state index < -0.39 is 0 Å². The number of carbonyl (C=O) groups excluding carboxylic acids is 1. The van der Waals surface area contributed by atoms with E-state index in [-0.39, 0.29) is 11.5 Å². The predicted molar refractivity (Wildman–Crippen MR) is 145 cm³/mol. The second kappa shape index (κ2) is 7.73. The molecule has 0 unspecified atom stereocenters.